The molecule has 2 aromatic heterocycles. The molecule has 1 aliphatic carbocycles. The molecule has 1 fully saturated rings. The minimum Gasteiger partial charge on any atom is -0.488 e. The van der Waals surface area contributed by atoms with Gasteiger partial charge in [0.2, 0.25) is 0 Å². The van der Waals surface area contributed by atoms with Crippen LogP contribution in [0.4, 0.5) is 8.78 Å². The first-order chi connectivity index (χ1) is 16.6. The highest BCUT2D eigenvalue weighted by Crippen LogP contribution is 2.47. The van der Waals surface area contributed by atoms with Gasteiger partial charge in [-0.3, -0.25) is 4.98 Å². The van der Waals surface area contributed by atoms with Crippen LogP contribution in [-0.2, 0) is 13.2 Å². The normalized spacial score (nSPS) is 16.9. The Morgan fingerprint density at radius 2 is 1.91 bits per heavy atom. The maximum Gasteiger partial charge on any atom is 0.161 e. The SMILES string of the molecule is Fc1cc2ccc(COc3ccc4c(c3)C(SC[C]3CC3)c3ncccc3CO4)nc2cc1F. The number of aromatic nitrogens is 2. The predicted octanol–water partition coefficient (Wildman–Crippen LogP) is 6.57. The number of benzene rings is 2. The summed E-state index contributed by atoms with van der Waals surface area (Å²) in [6, 6.07) is 15.6. The zero-order valence-electron chi connectivity index (χ0n) is 18.3. The number of nitrogens with zero attached hydrogens (tertiary/aromatic N) is 2. The molecule has 0 amide bonds. The topological polar surface area (TPSA) is 44.2 Å². The third kappa shape index (κ3) is 4.32. The molecule has 1 aliphatic heterocycles. The van der Waals surface area contributed by atoms with Crippen LogP contribution in [0.5, 0.6) is 11.5 Å². The summed E-state index contributed by atoms with van der Waals surface area (Å²) < 4.78 is 39.3. The van der Waals surface area contributed by atoms with Gasteiger partial charge in [0.1, 0.15) is 24.7 Å². The Labute approximate surface area is 200 Å². The molecule has 2 aromatic carbocycles. The molecule has 1 unspecified atom stereocenters. The van der Waals surface area contributed by atoms with Crippen molar-refractivity contribution < 1.29 is 18.3 Å². The summed E-state index contributed by atoms with van der Waals surface area (Å²) in [5, 5.41) is 0.603. The molecule has 3 heterocycles. The van der Waals surface area contributed by atoms with Gasteiger partial charge in [-0.15, -0.1) is 11.8 Å². The van der Waals surface area contributed by atoms with E-state index in [4.69, 9.17) is 14.5 Å². The lowest BCUT2D eigenvalue weighted by Gasteiger charge is -2.18. The van der Waals surface area contributed by atoms with Crippen molar-refractivity contribution in [3.63, 3.8) is 0 Å². The highest BCUT2D eigenvalue weighted by Gasteiger charge is 2.30. The quantitative estimate of drug-likeness (QED) is 0.316. The summed E-state index contributed by atoms with van der Waals surface area (Å²) in [6.45, 7) is 0.696. The van der Waals surface area contributed by atoms with Crippen molar-refractivity contribution in [2.24, 2.45) is 0 Å². The van der Waals surface area contributed by atoms with Gasteiger partial charge in [-0.1, -0.05) is 12.1 Å². The van der Waals surface area contributed by atoms with Crippen LogP contribution in [0.15, 0.2) is 60.8 Å². The fourth-order valence-electron chi connectivity index (χ4n) is 4.06. The minimum absolute atomic E-state index is 0.0574. The van der Waals surface area contributed by atoms with E-state index in [1.807, 2.05) is 42.2 Å². The van der Waals surface area contributed by atoms with Crippen LogP contribution in [0.2, 0.25) is 0 Å². The molecule has 4 nitrogen and oxygen atoms in total. The number of halogens is 2. The second-order valence-corrected chi connectivity index (χ2v) is 9.62. The average molecular weight is 476 g/mol. The zero-order valence-corrected chi connectivity index (χ0v) is 19.1. The van der Waals surface area contributed by atoms with Crippen LogP contribution >= 0.6 is 11.8 Å². The summed E-state index contributed by atoms with van der Waals surface area (Å²) in [5.74, 6) is 2.34. The van der Waals surface area contributed by atoms with Crippen molar-refractivity contribution in [1.82, 2.24) is 9.97 Å². The van der Waals surface area contributed by atoms with Crippen LogP contribution in [0.1, 0.15) is 40.6 Å². The molecule has 34 heavy (non-hydrogen) atoms. The molecule has 0 spiro atoms. The second kappa shape index (κ2) is 8.87. The van der Waals surface area contributed by atoms with Crippen LogP contribution in [0, 0.1) is 17.6 Å². The van der Waals surface area contributed by atoms with Crippen LogP contribution in [0.25, 0.3) is 10.9 Å². The molecule has 0 saturated heterocycles. The van der Waals surface area contributed by atoms with E-state index in [-0.39, 0.29) is 11.9 Å². The molecule has 6 rings (SSSR count). The fraction of sp³-hybridized carbons (Fsp3) is 0.222. The molecule has 7 heteroatoms. The van der Waals surface area contributed by atoms with Gasteiger partial charge < -0.3 is 9.47 Å². The van der Waals surface area contributed by atoms with Crippen LogP contribution in [0.3, 0.4) is 0 Å². The smallest absolute Gasteiger partial charge is 0.161 e. The van der Waals surface area contributed by atoms with E-state index in [0.717, 1.165) is 40.5 Å². The molecular weight excluding hydrogens is 454 g/mol. The highest BCUT2D eigenvalue weighted by atomic mass is 32.2. The molecule has 0 N–H and O–H groups in total. The van der Waals surface area contributed by atoms with E-state index in [1.54, 1.807) is 18.1 Å². The first kappa shape index (κ1) is 21.4. The van der Waals surface area contributed by atoms with Gasteiger partial charge in [0.05, 0.1) is 22.2 Å². The number of thioether (sulfide) groups is 1. The number of rotatable bonds is 6. The summed E-state index contributed by atoms with van der Waals surface area (Å²) in [5.41, 5.74) is 4.21. The maximum absolute atomic E-state index is 13.6. The Hall–Kier alpha value is -3.19. The molecular formula is C27H21F2N2O2S. The summed E-state index contributed by atoms with van der Waals surface area (Å²) in [7, 11) is 0. The minimum atomic E-state index is -0.911. The molecule has 0 bridgehead atoms. The number of pyridine rings is 2. The first-order valence-electron chi connectivity index (χ1n) is 11.2. The third-order valence-electron chi connectivity index (χ3n) is 6.05. The van der Waals surface area contributed by atoms with Gasteiger partial charge in [0, 0.05) is 34.5 Å². The zero-order chi connectivity index (χ0) is 23.1. The van der Waals surface area contributed by atoms with Gasteiger partial charge in [0.15, 0.2) is 11.6 Å². The predicted molar refractivity (Wildman–Crippen MR) is 128 cm³/mol. The Bertz CT molecular complexity index is 1380. The monoisotopic (exact) mass is 475 g/mol. The molecule has 4 aromatic rings. The summed E-state index contributed by atoms with van der Waals surface area (Å²) in [4.78, 5) is 9.13. The molecule has 1 radical (unpaired) electrons. The average Bonchev–Trinajstić information content (AvgIpc) is 3.69. The first-order valence-corrected chi connectivity index (χ1v) is 12.2. The van der Waals surface area contributed by atoms with E-state index in [0.29, 0.717) is 29.0 Å². The van der Waals surface area contributed by atoms with E-state index in [9.17, 15) is 8.78 Å². The molecule has 1 saturated carbocycles. The molecule has 1 atom stereocenters. The lowest BCUT2D eigenvalue weighted by Crippen LogP contribution is -2.04. The lowest BCUT2D eigenvalue weighted by atomic mass is 10.0. The van der Waals surface area contributed by atoms with Gasteiger partial charge in [-0.05, 0) is 55.2 Å². The second-order valence-electron chi connectivity index (χ2n) is 8.53. The number of ether oxygens (including phenoxy) is 2. The largest absolute Gasteiger partial charge is 0.488 e. The third-order valence-corrected chi connectivity index (χ3v) is 7.44. The van der Waals surface area contributed by atoms with Gasteiger partial charge in [0.25, 0.3) is 0 Å². The van der Waals surface area contributed by atoms with E-state index in [1.165, 1.54) is 12.8 Å². The summed E-state index contributed by atoms with van der Waals surface area (Å²) >= 11 is 1.88. The summed E-state index contributed by atoms with van der Waals surface area (Å²) in [6.07, 6.45) is 4.27. The number of hydrogen-bond donors (Lipinski definition) is 0. The Kier molecular flexibility index (Phi) is 5.57. The van der Waals surface area contributed by atoms with Crippen molar-refractivity contribution in [2.75, 3.05) is 5.75 Å². The van der Waals surface area contributed by atoms with Crippen molar-refractivity contribution in [2.45, 2.75) is 31.3 Å². The van der Waals surface area contributed by atoms with Gasteiger partial charge in [-0.2, -0.15) is 0 Å². The van der Waals surface area contributed by atoms with Crippen LogP contribution < -0.4 is 9.47 Å². The lowest BCUT2D eigenvalue weighted by molar-refractivity contribution is 0.295. The van der Waals surface area contributed by atoms with E-state index >= 15 is 0 Å². The van der Waals surface area contributed by atoms with E-state index in [2.05, 4.69) is 11.1 Å². The standard InChI is InChI=1S/C27H21F2N2O2S/c28-22-10-17-5-6-19(31-24(17)12-23(22)29)14-32-20-7-8-25-21(11-20)27(34-15-16-3-4-16)26-18(13-33-25)2-1-9-30-26/h1-2,5-12,27H,3-4,13-15H2. The fourth-order valence-corrected chi connectivity index (χ4v) is 5.49. The van der Waals surface area contributed by atoms with Gasteiger partial charge >= 0.3 is 0 Å². The van der Waals surface area contributed by atoms with Crippen molar-refractivity contribution >= 4 is 22.7 Å². The molecule has 2 aliphatic rings. The Balaban J connectivity index is 1.27. The van der Waals surface area contributed by atoms with Crippen molar-refractivity contribution in [1.29, 1.82) is 0 Å². The Morgan fingerprint density at radius 3 is 2.79 bits per heavy atom. The number of fused-ring (bicyclic) bond motifs is 3. The van der Waals surface area contributed by atoms with Crippen LogP contribution in [-0.4, -0.2) is 15.7 Å². The number of hydrogen-bond acceptors (Lipinski definition) is 5. The highest BCUT2D eigenvalue weighted by molar-refractivity contribution is 7.99. The van der Waals surface area contributed by atoms with Crippen molar-refractivity contribution in [3.8, 4) is 11.5 Å². The molecule has 171 valence electrons. The Morgan fingerprint density at radius 1 is 1.03 bits per heavy atom. The van der Waals surface area contributed by atoms with Crippen molar-refractivity contribution in [3.05, 3.63) is 101 Å². The van der Waals surface area contributed by atoms with E-state index < -0.39 is 11.6 Å². The maximum atomic E-state index is 13.6. The van der Waals surface area contributed by atoms with Gasteiger partial charge in [-0.25, -0.2) is 13.8 Å².